The Balaban J connectivity index is 1.59. The highest BCUT2D eigenvalue weighted by molar-refractivity contribution is 6.01. The van der Waals surface area contributed by atoms with E-state index in [0.29, 0.717) is 5.56 Å². The van der Waals surface area contributed by atoms with Gasteiger partial charge in [-0.15, -0.1) is 0 Å². The molecule has 0 aromatic heterocycles. The van der Waals surface area contributed by atoms with E-state index >= 15 is 0 Å². The van der Waals surface area contributed by atoms with Gasteiger partial charge in [0, 0.05) is 5.69 Å². The standard InChI is InChI=1S/C20H16N2O2/c23-20-17-11-4-5-12-18(17)21-19(22-20)14-7-6-10-16(13-14)24-15-8-2-1-3-9-15/h1-13,19,21H,(H,22,23)/t19-/m1/s1. The zero-order valence-electron chi connectivity index (χ0n) is 12.9. The van der Waals surface area contributed by atoms with Crippen LogP contribution < -0.4 is 15.4 Å². The Morgan fingerprint density at radius 2 is 1.50 bits per heavy atom. The van der Waals surface area contributed by atoms with E-state index in [9.17, 15) is 4.79 Å². The fraction of sp³-hybridized carbons (Fsp3) is 0.0500. The predicted octanol–water partition coefficient (Wildman–Crippen LogP) is 4.33. The largest absolute Gasteiger partial charge is 0.457 e. The minimum absolute atomic E-state index is 0.0799. The molecule has 118 valence electrons. The summed E-state index contributed by atoms with van der Waals surface area (Å²) >= 11 is 0. The number of para-hydroxylation sites is 2. The SMILES string of the molecule is O=C1N[C@H](c2cccc(Oc3ccccc3)c2)Nc2ccccc21. The van der Waals surface area contributed by atoms with Gasteiger partial charge in [-0.2, -0.15) is 0 Å². The molecule has 0 fully saturated rings. The Bertz CT molecular complexity index is 878. The van der Waals surface area contributed by atoms with Crippen LogP contribution in [-0.4, -0.2) is 5.91 Å². The Labute approximate surface area is 140 Å². The van der Waals surface area contributed by atoms with E-state index in [2.05, 4.69) is 10.6 Å². The molecular formula is C20H16N2O2. The third-order valence-electron chi connectivity index (χ3n) is 3.92. The molecule has 0 saturated carbocycles. The summed E-state index contributed by atoms with van der Waals surface area (Å²) in [6, 6.07) is 24.8. The topological polar surface area (TPSA) is 50.4 Å². The maximum absolute atomic E-state index is 12.3. The summed E-state index contributed by atoms with van der Waals surface area (Å²) in [6.07, 6.45) is -0.285. The van der Waals surface area contributed by atoms with Gasteiger partial charge in [-0.3, -0.25) is 4.79 Å². The monoisotopic (exact) mass is 316 g/mol. The fourth-order valence-electron chi connectivity index (χ4n) is 2.76. The van der Waals surface area contributed by atoms with E-state index in [1.54, 1.807) is 0 Å². The van der Waals surface area contributed by atoms with Crippen molar-refractivity contribution in [3.8, 4) is 11.5 Å². The first-order valence-corrected chi connectivity index (χ1v) is 7.79. The van der Waals surface area contributed by atoms with E-state index < -0.39 is 0 Å². The number of ether oxygens (including phenoxy) is 1. The lowest BCUT2D eigenvalue weighted by Gasteiger charge is -2.28. The Kier molecular flexibility index (Phi) is 3.63. The molecule has 4 rings (SSSR count). The summed E-state index contributed by atoms with van der Waals surface area (Å²) in [7, 11) is 0. The lowest BCUT2D eigenvalue weighted by atomic mass is 10.1. The zero-order chi connectivity index (χ0) is 16.4. The van der Waals surface area contributed by atoms with Gasteiger partial charge in [0.25, 0.3) is 5.91 Å². The third-order valence-corrected chi connectivity index (χ3v) is 3.92. The van der Waals surface area contributed by atoms with Crippen LogP contribution in [0.4, 0.5) is 5.69 Å². The van der Waals surface area contributed by atoms with Gasteiger partial charge in [0.1, 0.15) is 17.7 Å². The summed E-state index contributed by atoms with van der Waals surface area (Å²) in [6.45, 7) is 0. The fourth-order valence-corrected chi connectivity index (χ4v) is 2.76. The first-order chi connectivity index (χ1) is 11.8. The normalized spacial score (nSPS) is 15.8. The van der Waals surface area contributed by atoms with Crippen molar-refractivity contribution in [3.63, 3.8) is 0 Å². The van der Waals surface area contributed by atoms with Crippen LogP contribution in [0.1, 0.15) is 22.1 Å². The molecule has 3 aromatic rings. The number of carbonyl (C=O) groups excluding carboxylic acids is 1. The Hall–Kier alpha value is -3.27. The van der Waals surface area contributed by atoms with E-state index in [4.69, 9.17) is 4.74 Å². The number of hydrogen-bond acceptors (Lipinski definition) is 3. The molecule has 1 amide bonds. The number of amides is 1. The molecule has 0 radical (unpaired) electrons. The van der Waals surface area contributed by atoms with E-state index in [-0.39, 0.29) is 12.1 Å². The first-order valence-electron chi connectivity index (χ1n) is 7.79. The first kappa shape index (κ1) is 14.3. The van der Waals surface area contributed by atoms with Crippen LogP contribution in [0.3, 0.4) is 0 Å². The highest BCUT2D eigenvalue weighted by Crippen LogP contribution is 2.29. The van der Waals surface area contributed by atoms with Gasteiger partial charge >= 0.3 is 0 Å². The van der Waals surface area contributed by atoms with Crippen LogP contribution >= 0.6 is 0 Å². The molecule has 4 nitrogen and oxygen atoms in total. The lowest BCUT2D eigenvalue weighted by molar-refractivity contribution is 0.0935. The van der Waals surface area contributed by atoms with Gasteiger partial charge < -0.3 is 15.4 Å². The van der Waals surface area contributed by atoms with Gasteiger partial charge in [0.05, 0.1) is 5.56 Å². The van der Waals surface area contributed by atoms with E-state index in [1.807, 2.05) is 78.9 Å². The molecule has 4 heteroatoms. The average Bonchev–Trinajstić information content (AvgIpc) is 2.63. The number of hydrogen-bond donors (Lipinski definition) is 2. The molecule has 0 bridgehead atoms. The second-order valence-corrected chi connectivity index (χ2v) is 5.58. The second-order valence-electron chi connectivity index (χ2n) is 5.58. The summed E-state index contributed by atoms with van der Waals surface area (Å²) in [5.74, 6) is 1.43. The molecule has 3 aromatic carbocycles. The molecule has 1 aliphatic heterocycles. The van der Waals surface area contributed by atoms with Crippen LogP contribution in [0.15, 0.2) is 78.9 Å². The van der Waals surface area contributed by atoms with Crippen molar-refractivity contribution in [2.45, 2.75) is 6.17 Å². The zero-order valence-corrected chi connectivity index (χ0v) is 12.9. The average molecular weight is 316 g/mol. The number of rotatable bonds is 3. The predicted molar refractivity (Wildman–Crippen MR) is 93.2 cm³/mol. The number of benzene rings is 3. The van der Waals surface area contributed by atoms with Gasteiger partial charge in [0.15, 0.2) is 0 Å². The quantitative estimate of drug-likeness (QED) is 0.756. The lowest BCUT2D eigenvalue weighted by Crippen LogP contribution is -2.38. The number of fused-ring (bicyclic) bond motifs is 1. The maximum atomic E-state index is 12.3. The van der Waals surface area contributed by atoms with Crippen LogP contribution in [0.2, 0.25) is 0 Å². The second kappa shape index (κ2) is 6.08. The van der Waals surface area contributed by atoms with Crippen molar-refractivity contribution < 1.29 is 9.53 Å². The smallest absolute Gasteiger partial charge is 0.255 e. The molecule has 0 saturated heterocycles. The molecule has 1 atom stereocenters. The molecule has 2 N–H and O–H groups in total. The molecule has 1 aliphatic rings. The number of nitrogens with one attached hydrogen (secondary N) is 2. The van der Waals surface area contributed by atoms with E-state index in [1.165, 1.54) is 0 Å². The van der Waals surface area contributed by atoms with Crippen molar-refractivity contribution >= 4 is 11.6 Å². The van der Waals surface area contributed by atoms with Gasteiger partial charge in [-0.1, -0.05) is 42.5 Å². The maximum Gasteiger partial charge on any atom is 0.255 e. The van der Waals surface area contributed by atoms with Crippen LogP contribution in [0, 0.1) is 0 Å². The highest BCUT2D eigenvalue weighted by Gasteiger charge is 2.24. The molecule has 24 heavy (non-hydrogen) atoms. The molecule has 0 unspecified atom stereocenters. The van der Waals surface area contributed by atoms with Crippen molar-refractivity contribution in [1.29, 1.82) is 0 Å². The Morgan fingerprint density at radius 1 is 0.750 bits per heavy atom. The highest BCUT2D eigenvalue weighted by atomic mass is 16.5. The molecule has 0 spiro atoms. The van der Waals surface area contributed by atoms with Crippen LogP contribution in [-0.2, 0) is 0 Å². The number of anilines is 1. The molecular weight excluding hydrogens is 300 g/mol. The van der Waals surface area contributed by atoms with Crippen molar-refractivity contribution in [1.82, 2.24) is 5.32 Å². The molecule has 1 heterocycles. The number of carbonyl (C=O) groups is 1. The van der Waals surface area contributed by atoms with Gasteiger partial charge in [-0.25, -0.2) is 0 Å². The van der Waals surface area contributed by atoms with Crippen molar-refractivity contribution in [3.05, 3.63) is 90.0 Å². The Morgan fingerprint density at radius 3 is 2.38 bits per heavy atom. The van der Waals surface area contributed by atoms with Crippen molar-refractivity contribution in [2.75, 3.05) is 5.32 Å². The van der Waals surface area contributed by atoms with Crippen LogP contribution in [0.25, 0.3) is 0 Å². The van der Waals surface area contributed by atoms with Gasteiger partial charge in [-0.05, 0) is 42.0 Å². The van der Waals surface area contributed by atoms with E-state index in [0.717, 1.165) is 22.7 Å². The van der Waals surface area contributed by atoms with Crippen LogP contribution in [0.5, 0.6) is 11.5 Å². The summed E-state index contributed by atoms with van der Waals surface area (Å²) < 4.78 is 5.87. The summed E-state index contributed by atoms with van der Waals surface area (Å²) in [5.41, 5.74) is 2.43. The molecule has 0 aliphatic carbocycles. The summed E-state index contributed by atoms with van der Waals surface area (Å²) in [4.78, 5) is 12.3. The minimum atomic E-state index is -0.285. The minimum Gasteiger partial charge on any atom is -0.457 e. The summed E-state index contributed by atoms with van der Waals surface area (Å²) in [5, 5.41) is 6.32. The third kappa shape index (κ3) is 2.82. The van der Waals surface area contributed by atoms with Crippen molar-refractivity contribution in [2.24, 2.45) is 0 Å². The van der Waals surface area contributed by atoms with Gasteiger partial charge in [0.2, 0.25) is 0 Å².